The Kier molecular flexibility index (Phi) is 52.2. The zero-order valence-electron chi connectivity index (χ0n) is 15.0. The molecule has 0 aliphatic heterocycles. The fourth-order valence-corrected chi connectivity index (χ4v) is 1.10. The predicted octanol–water partition coefficient (Wildman–Crippen LogP) is 8.63. The van der Waals surface area contributed by atoms with E-state index >= 15 is 0 Å². The molecule has 1 aromatic rings. The molecule has 0 N–H and O–H groups in total. The molecule has 0 aromatic heterocycles. The van der Waals surface area contributed by atoms with E-state index < -0.39 is 0 Å². The van der Waals surface area contributed by atoms with Crippen LogP contribution in [0, 0.1) is 20.3 Å². The summed E-state index contributed by atoms with van der Waals surface area (Å²) < 4.78 is 0. The van der Waals surface area contributed by atoms with Crippen LogP contribution in [-0.2, 0) is 44.1 Å². The zero-order chi connectivity index (χ0) is 16.4. The molecule has 0 atom stereocenters. The molecule has 1 aromatic carbocycles. The molecule has 0 heterocycles. The molecule has 0 spiro atoms. The fraction of sp³-hybridized carbons (Fsp3) is 0.529. The SMILES string of the molecule is CC.CC(C)CCc1ccccc1.[CH2-]CC.[CH3-].[I][V]([I])[I].[Y]. The van der Waals surface area contributed by atoms with E-state index in [1.165, 1.54) is 18.4 Å². The van der Waals surface area contributed by atoms with E-state index in [1.54, 1.807) is 0 Å². The average molecular weight is 757 g/mol. The van der Waals surface area contributed by atoms with Crippen molar-refractivity contribution in [1.82, 2.24) is 0 Å². The second-order valence-corrected chi connectivity index (χ2v) is 39.5. The largest absolute Gasteiger partial charge is 0 e. The zero-order valence-corrected chi connectivity index (χ0v) is 25.7. The Morgan fingerprint density at radius 2 is 1.36 bits per heavy atom. The first-order valence-electron chi connectivity index (χ1n) is 7.04. The molecule has 131 valence electrons. The first-order chi connectivity index (χ1) is 9.43. The summed E-state index contributed by atoms with van der Waals surface area (Å²) in [5, 5.41) is 0. The van der Waals surface area contributed by atoms with Crippen molar-refractivity contribution in [2.75, 3.05) is 0 Å². The van der Waals surface area contributed by atoms with Crippen LogP contribution < -0.4 is 0 Å². The van der Waals surface area contributed by atoms with E-state index in [-0.39, 0.29) is 45.1 Å². The van der Waals surface area contributed by atoms with Gasteiger partial charge in [-0.3, -0.25) is 0 Å². The Labute approximate surface area is 204 Å². The maximum atomic E-state index is 3.49. The Bertz CT molecular complexity index is 255. The van der Waals surface area contributed by atoms with Gasteiger partial charge in [-0.2, -0.15) is 6.42 Å². The summed E-state index contributed by atoms with van der Waals surface area (Å²) in [5.74, 6) is 0.815. The molecule has 0 saturated carbocycles. The van der Waals surface area contributed by atoms with Crippen LogP contribution in [0.15, 0.2) is 30.3 Å². The molecule has 0 saturated heterocycles. The standard InChI is InChI=1S/C11H16.C3H7.C2H6.CH3.3HI.V.Y/c1-10(2)8-9-11-6-4-3-5-7-11;1-3-2;1-2;;;;;;/h3-7,10H,8-9H2,1-2H3;1,3H2,2H3;1-2H3;1H3;3*1H;;/q;-1;;-1;;;;+3;/p-3. The summed E-state index contributed by atoms with van der Waals surface area (Å²) in [5.41, 5.74) is 1.46. The van der Waals surface area contributed by atoms with Crippen molar-refractivity contribution in [3.8, 4) is 0 Å². The number of benzene rings is 1. The van der Waals surface area contributed by atoms with Crippen LogP contribution in [0.5, 0.6) is 0 Å². The van der Waals surface area contributed by atoms with E-state index in [0.717, 1.165) is 12.3 Å². The number of hydrogen-bond acceptors (Lipinski definition) is 0. The first-order valence-corrected chi connectivity index (χ1v) is 20.6. The first kappa shape index (κ1) is 36.1. The van der Waals surface area contributed by atoms with Gasteiger partial charge in [-0.05, 0) is 24.3 Å². The number of aryl methyl sites for hydroxylation is 1. The monoisotopic (exact) mass is 757 g/mol. The minimum Gasteiger partial charge on any atom is 0 e. The van der Waals surface area contributed by atoms with Gasteiger partial charge < -0.3 is 14.4 Å². The van der Waals surface area contributed by atoms with Crippen LogP contribution >= 0.6 is 59.9 Å². The molecule has 5 heteroatoms. The summed E-state index contributed by atoms with van der Waals surface area (Å²) in [6.07, 6.45) is 3.52. The average Bonchev–Trinajstić information content (AvgIpc) is 2.40. The van der Waals surface area contributed by atoms with E-state index in [9.17, 15) is 0 Å². The van der Waals surface area contributed by atoms with Gasteiger partial charge in [0.25, 0.3) is 0 Å². The van der Waals surface area contributed by atoms with Gasteiger partial charge in [0.05, 0.1) is 0 Å². The maximum absolute atomic E-state index is 3.49. The van der Waals surface area contributed by atoms with Crippen molar-refractivity contribution in [1.29, 1.82) is 0 Å². The van der Waals surface area contributed by atoms with Gasteiger partial charge in [0.15, 0.2) is 0 Å². The minimum absolute atomic E-state index is 0. The third kappa shape index (κ3) is 43.5. The number of halogens is 3. The molecule has 1 rings (SSSR count). The quantitative estimate of drug-likeness (QED) is 0.214. The van der Waals surface area contributed by atoms with Crippen LogP contribution in [0.3, 0.4) is 0 Å². The Morgan fingerprint density at radius 3 is 1.64 bits per heavy atom. The summed E-state index contributed by atoms with van der Waals surface area (Å²) in [6, 6.07) is 10.7. The molecule has 0 fully saturated rings. The predicted molar refractivity (Wildman–Crippen MR) is 125 cm³/mol. The van der Waals surface area contributed by atoms with Gasteiger partial charge >= 0.3 is 64.9 Å². The molecule has 22 heavy (non-hydrogen) atoms. The Morgan fingerprint density at radius 1 is 1.05 bits per heavy atom. The summed E-state index contributed by atoms with van der Waals surface area (Å²) in [6.45, 7) is 14.0. The van der Waals surface area contributed by atoms with Crippen molar-refractivity contribution in [3.05, 3.63) is 50.2 Å². The summed E-state index contributed by atoms with van der Waals surface area (Å²) >= 11 is 7.39. The van der Waals surface area contributed by atoms with Crippen LogP contribution in [0.25, 0.3) is 0 Å². The Hall–Kier alpha value is 3.10. The van der Waals surface area contributed by atoms with Gasteiger partial charge in [-0.1, -0.05) is 65.0 Å². The van der Waals surface area contributed by atoms with Gasteiger partial charge in [0.1, 0.15) is 0 Å². The molecular formula is C17H32I3VY-2. The molecule has 0 amide bonds. The van der Waals surface area contributed by atoms with E-state index in [4.69, 9.17) is 0 Å². The second-order valence-electron chi connectivity index (χ2n) is 4.11. The third-order valence-corrected chi connectivity index (χ3v) is 1.85. The molecule has 0 bridgehead atoms. The molecule has 0 aliphatic rings. The number of hydrogen-bond donors (Lipinski definition) is 0. The molecule has 0 aliphatic carbocycles. The summed E-state index contributed by atoms with van der Waals surface area (Å²) in [4.78, 5) is -0.278. The van der Waals surface area contributed by atoms with Crippen molar-refractivity contribution in [2.45, 2.75) is 53.9 Å². The smallest absolute Gasteiger partial charge is 0 e. The molecule has 0 nitrogen and oxygen atoms in total. The van der Waals surface area contributed by atoms with E-state index in [1.807, 2.05) is 20.8 Å². The van der Waals surface area contributed by atoms with Crippen LogP contribution in [-0.4, -0.2) is 0 Å². The third-order valence-electron chi connectivity index (χ3n) is 1.85. The van der Waals surface area contributed by atoms with Crippen LogP contribution in [0.2, 0.25) is 0 Å². The van der Waals surface area contributed by atoms with Gasteiger partial charge in [0.2, 0.25) is 0 Å². The van der Waals surface area contributed by atoms with Gasteiger partial charge in [-0.15, -0.1) is 0 Å². The molecular weight excluding hydrogens is 725 g/mol. The van der Waals surface area contributed by atoms with E-state index in [2.05, 4.69) is 111 Å². The minimum atomic E-state index is -0.278. The summed E-state index contributed by atoms with van der Waals surface area (Å²) in [7, 11) is 0. The van der Waals surface area contributed by atoms with Crippen molar-refractivity contribution >= 4 is 59.9 Å². The van der Waals surface area contributed by atoms with Crippen molar-refractivity contribution in [2.24, 2.45) is 5.92 Å². The number of rotatable bonds is 3. The van der Waals surface area contributed by atoms with Crippen molar-refractivity contribution < 1.29 is 37.6 Å². The fourth-order valence-electron chi connectivity index (χ4n) is 1.10. The van der Waals surface area contributed by atoms with E-state index in [0.29, 0.717) is 0 Å². The second kappa shape index (κ2) is 31.8. The van der Waals surface area contributed by atoms with Crippen LogP contribution in [0.4, 0.5) is 0 Å². The Balaban J connectivity index is -0.0000000749. The topological polar surface area (TPSA) is 0 Å². The van der Waals surface area contributed by atoms with Gasteiger partial charge in [-0.25, -0.2) is 0 Å². The normalized spacial score (nSPS) is 7.95. The van der Waals surface area contributed by atoms with Gasteiger partial charge in [0, 0.05) is 32.7 Å². The molecule has 0 unspecified atom stereocenters. The van der Waals surface area contributed by atoms with Crippen molar-refractivity contribution in [3.63, 3.8) is 0 Å². The maximum Gasteiger partial charge on any atom is 0 e. The van der Waals surface area contributed by atoms with Crippen LogP contribution in [0.1, 0.15) is 53.0 Å². The molecule has 1 radical (unpaired) electrons.